The Bertz CT molecular complexity index is 1980. The molecule has 0 radical (unpaired) electrons. The minimum absolute atomic E-state index is 0.801. The van der Waals surface area contributed by atoms with Crippen LogP contribution >= 0.6 is 0 Å². The summed E-state index contributed by atoms with van der Waals surface area (Å²) in [5, 5.41) is 10.6. The number of fused-ring (bicyclic) bond motifs is 2. The molecular weight excluding hydrogens is 514 g/mol. The van der Waals surface area contributed by atoms with Gasteiger partial charge in [0.25, 0.3) is 0 Å². The van der Waals surface area contributed by atoms with E-state index in [0.29, 0.717) is 0 Å². The van der Waals surface area contributed by atoms with Crippen molar-refractivity contribution in [3.63, 3.8) is 0 Å². The quantitative estimate of drug-likeness (QED) is 0.202. The van der Waals surface area contributed by atoms with Gasteiger partial charge in [-0.15, -0.1) is 0 Å². The molecule has 5 heteroatoms. The van der Waals surface area contributed by atoms with Gasteiger partial charge < -0.3 is 4.90 Å². The van der Waals surface area contributed by atoms with E-state index >= 15 is 0 Å². The summed E-state index contributed by atoms with van der Waals surface area (Å²) in [5.41, 5.74) is 7.06. The van der Waals surface area contributed by atoms with E-state index in [9.17, 15) is 0 Å². The molecule has 0 N–H and O–H groups in total. The largest absolute Gasteiger partial charge is 0.324 e. The van der Waals surface area contributed by atoms with Crippen LogP contribution in [0.4, 0.5) is 5.69 Å². The van der Waals surface area contributed by atoms with Crippen LogP contribution in [0.5, 0.6) is 0 Å². The number of aromatic nitrogens is 4. The van der Waals surface area contributed by atoms with Crippen molar-refractivity contribution in [1.82, 2.24) is 19.7 Å². The van der Waals surface area contributed by atoms with Crippen molar-refractivity contribution in [3.05, 3.63) is 163 Å². The van der Waals surface area contributed by atoms with Gasteiger partial charge in [-0.05, 0) is 70.4 Å². The molecular formula is C37H27N5. The lowest BCUT2D eigenvalue weighted by Gasteiger charge is -2.17. The number of rotatable bonds is 7. The van der Waals surface area contributed by atoms with E-state index in [-0.39, 0.29) is 0 Å². The Kier molecular flexibility index (Phi) is 6.81. The van der Waals surface area contributed by atoms with Crippen molar-refractivity contribution in [3.8, 4) is 17.1 Å². The van der Waals surface area contributed by atoms with E-state index in [1.165, 1.54) is 10.8 Å². The molecule has 0 bridgehead atoms. The van der Waals surface area contributed by atoms with Crippen LogP contribution in [-0.4, -0.2) is 19.7 Å². The fraction of sp³-hybridized carbons (Fsp3) is 0. The molecule has 42 heavy (non-hydrogen) atoms. The topological polar surface area (TPSA) is 46.8 Å². The summed E-state index contributed by atoms with van der Waals surface area (Å²) in [6, 6.07) is 44.0. The second kappa shape index (κ2) is 11.4. The third-order valence-corrected chi connectivity index (χ3v) is 7.24. The normalized spacial score (nSPS) is 11.6. The lowest BCUT2D eigenvalue weighted by atomic mass is 10.1. The van der Waals surface area contributed by atoms with Gasteiger partial charge >= 0.3 is 0 Å². The predicted molar refractivity (Wildman–Crippen MR) is 173 cm³/mol. The highest BCUT2D eigenvalue weighted by Gasteiger charge is 2.16. The van der Waals surface area contributed by atoms with Crippen LogP contribution in [0.25, 0.3) is 51.0 Å². The molecule has 5 aromatic carbocycles. The monoisotopic (exact) mass is 541 g/mol. The number of hydrogen-bond acceptors (Lipinski definition) is 4. The van der Waals surface area contributed by atoms with Crippen LogP contribution in [-0.2, 0) is 0 Å². The SMILES string of the molecule is C(=C\N(/C=C/c1ccccc1)c1ccc(-c2nc3cnncc3n2-c2ccc3ccccc3c2)cc1)/c1ccccc1. The van der Waals surface area contributed by atoms with Crippen LogP contribution in [0.2, 0.25) is 0 Å². The molecule has 2 heterocycles. The third-order valence-electron chi connectivity index (χ3n) is 7.24. The van der Waals surface area contributed by atoms with Crippen molar-refractivity contribution >= 4 is 39.6 Å². The number of anilines is 1. The second-order valence-electron chi connectivity index (χ2n) is 9.97. The highest BCUT2D eigenvalue weighted by Crippen LogP contribution is 2.31. The summed E-state index contributed by atoms with van der Waals surface area (Å²) < 4.78 is 2.16. The molecule has 7 aromatic rings. The zero-order chi connectivity index (χ0) is 28.1. The van der Waals surface area contributed by atoms with Crippen molar-refractivity contribution in [2.75, 3.05) is 4.90 Å². The molecule has 0 unspecified atom stereocenters. The maximum atomic E-state index is 4.98. The summed E-state index contributed by atoms with van der Waals surface area (Å²) in [4.78, 5) is 7.11. The number of imidazole rings is 1. The molecule has 7 rings (SSSR count). The minimum Gasteiger partial charge on any atom is -0.324 e. The van der Waals surface area contributed by atoms with Gasteiger partial charge in [0.15, 0.2) is 0 Å². The van der Waals surface area contributed by atoms with Crippen LogP contribution in [0.3, 0.4) is 0 Å². The minimum atomic E-state index is 0.801. The van der Waals surface area contributed by atoms with Crippen LogP contribution in [0, 0.1) is 0 Å². The predicted octanol–water partition coefficient (Wildman–Crippen LogP) is 8.78. The maximum absolute atomic E-state index is 4.98. The molecule has 0 aliphatic carbocycles. The summed E-state index contributed by atoms with van der Waals surface area (Å²) >= 11 is 0. The molecule has 2 aromatic heterocycles. The fourth-order valence-electron chi connectivity index (χ4n) is 5.08. The Morgan fingerprint density at radius 3 is 1.88 bits per heavy atom. The smallest absolute Gasteiger partial charge is 0.145 e. The molecule has 0 saturated carbocycles. The highest BCUT2D eigenvalue weighted by atomic mass is 15.1. The molecule has 200 valence electrons. The van der Waals surface area contributed by atoms with Gasteiger partial charge in [-0.25, -0.2) is 4.98 Å². The second-order valence-corrected chi connectivity index (χ2v) is 9.97. The molecule has 5 nitrogen and oxygen atoms in total. The van der Waals surface area contributed by atoms with Crippen molar-refractivity contribution in [2.45, 2.75) is 0 Å². The molecule has 0 aliphatic rings. The molecule has 0 aliphatic heterocycles. The lowest BCUT2D eigenvalue weighted by molar-refractivity contribution is 1.03. The summed E-state index contributed by atoms with van der Waals surface area (Å²) in [5.74, 6) is 0.841. The average Bonchev–Trinajstić information content (AvgIpc) is 3.45. The van der Waals surface area contributed by atoms with E-state index in [4.69, 9.17) is 4.98 Å². The first-order chi connectivity index (χ1) is 20.8. The van der Waals surface area contributed by atoms with E-state index in [1.807, 2.05) is 36.4 Å². The summed E-state index contributed by atoms with van der Waals surface area (Å²) in [6.45, 7) is 0. The number of benzene rings is 5. The van der Waals surface area contributed by atoms with Crippen LogP contribution in [0.15, 0.2) is 152 Å². The van der Waals surface area contributed by atoms with Gasteiger partial charge in [0.2, 0.25) is 0 Å². The van der Waals surface area contributed by atoms with Crippen LogP contribution < -0.4 is 4.90 Å². The zero-order valence-corrected chi connectivity index (χ0v) is 22.8. The van der Waals surface area contributed by atoms with Gasteiger partial charge in [0.05, 0.1) is 17.9 Å². The van der Waals surface area contributed by atoms with E-state index in [1.54, 1.807) is 12.4 Å². The Labute approximate surface area is 244 Å². The highest BCUT2D eigenvalue weighted by molar-refractivity contribution is 5.87. The lowest BCUT2D eigenvalue weighted by Crippen LogP contribution is -2.06. The first kappa shape index (κ1) is 25.2. The van der Waals surface area contributed by atoms with Gasteiger partial charge in [0, 0.05) is 29.3 Å². The summed E-state index contributed by atoms with van der Waals surface area (Å²) in [6.07, 6.45) is 11.9. The Morgan fingerprint density at radius 2 is 1.19 bits per heavy atom. The summed E-state index contributed by atoms with van der Waals surface area (Å²) in [7, 11) is 0. The van der Waals surface area contributed by atoms with Gasteiger partial charge in [-0.3, -0.25) is 4.57 Å². The third kappa shape index (κ3) is 5.19. The molecule has 0 spiro atoms. The van der Waals surface area contributed by atoms with E-state index in [2.05, 4.69) is 135 Å². The van der Waals surface area contributed by atoms with Gasteiger partial charge in [-0.1, -0.05) is 91.0 Å². The first-order valence-electron chi connectivity index (χ1n) is 13.9. The Morgan fingerprint density at radius 1 is 0.571 bits per heavy atom. The van der Waals surface area contributed by atoms with E-state index < -0.39 is 0 Å². The Hall–Kier alpha value is -5.81. The van der Waals surface area contributed by atoms with Crippen molar-refractivity contribution in [1.29, 1.82) is 0 Å². The standard InChI is InChI=1S/C37H27N5/c1-3-9-28(10-4-1)21-23-41(24-22-29-11-5-2-6-12-29)33-18-16-31(17-19-33)37-40-35-26-38-39-27-36(35)42(37)34-20-15-30-13-7-8-14-32(30)25-34/h1-27H/b23-21+,24-22+. The van der Waals surface area contributed by atoms with Crippen molar-refractivity contribution in [2.24, 2.45) is 0 Å². The van der Waals surface area contributed by atoms with Crippen molar-refractivity contribution < 1.29 is 0 Å². The van der Waals surface area contributed by atoms with Gasteiger partial charge in [0.1, 0.15) is 11.3 Å². The molecule has 0 atom stereocenters. The van der Waals surface area contributed by atoms with Crippen LogP contribution in [0.1, 0.15) is 11.1 Å². The molecule has 0 amide bonds. The average molecular weight is 542 g/mol. The zero-order valence-electron chi connectivity index (χ0n) is 22.8. The van der Waals surface area contributed by atoms with E-state index in [0.717, 1.165) is 44.9 Å². The number of hydrogen-bond donors (Lipinski definition) is 0. The Balaban J connectivity index is 1.28. The van der Waals surface area contributed by atoms with Gasteiger partial charge in [-0.2, -0.15) is 10.2 Å². The maximum Gasteiger partial charge on any atom is 0.145 e. The molecule has 0 fully saturated rings. The first-order valence-corrected chi connectivity index (χ1v) is 13.9. The number of nitrogens with zero attached hydrogens (tertiary/aromatic N) is 5. The fourth-order valence-corrected chi connectivity index (χ4v) is 5.08. The molecule has 0 saturated heterocycles.